The van der Waals surface area contributed by atoms with Gasteiger partial charge in [0.15, 0.2) is 0 Å². The molecule has 0 amide bonds. The van der Waals surface area contributed by atoms with Crippen molar-refractivity contribution in [2.75, 3.05) is 0 Å². The summed E-state index contributed by atoms with van der Waals surface area (Å²) in [5.74, 6) is 0. The normalized spacial score (nSPS) is 22.7. The minimum atomic E-state index is -0.699. The Morgan fingerprint density at radius 3 is 2.94 bits per heavy atom. The largest absolute Gasteiger partial charge is 0.385 e. The molecule has 2 heterocycles. The first-order chi connectivity index (χ1) is 8.23. The highest BCUT2D eigenvalue weighted by Crippen LogP contribution is 2.46. The van der Waals surface area contributed by atoms with E-state index in [9.17, 15) is 5.11 Å². The average molecular weight is 262 g/mol. The summed E-state index contributed by atoms with van der Waals surface area (Å²) < 4.78 is 1.24. The van der Waals surface area contributed by atoms with Crippen molar-refractivity contribution >= 4 is 23.1 Å². The first-order valence-electron chi connectivity index (χ1n) is 5.79. The monoisotopic (exact) mass is 262 g/mol. The zero-order chi connectivity index (χ0) is 11.9. The fourth-order valence-electron chi connectivity index (χ4n) is 2.29. The van der Waals surface area contributed by atoms with E-state index in [0.717, 1.165) is 18.4 Å². The predicted octanol–water partition coefficient (Wildman–Crippen LogP) is 4.05. The van der Waals surface area contributed by atoms with Gasteiger partial charge in [-0.1, -0.05) is 36.9 Å². The number of benzene rings is 1. The quantitative estimate of drug-likeness (QED) is 0.836. The van der Waals surface area contributed by atoms with Crippen LogP contribution in [0.2, 0.25) is 0 Å². The van der Waals surface area contributed by atoms with Crippen molar-refractivity contribution in [3.05, 3.63) is 46.8 Å². The zero-order valence-electron chi connectivity index (χ0n) is 9.64. The molecule has 1 aromatic heterocycles. The maximum absolute atomic E-state index is 10.8. The van der Waals surface area contributed by atoms with Gasteiger partial charge in [0.05, 0.1) is 9.81 Å². The molecule has 1 atom stereocenters. The fraction of sp³-hybridized carbons (Fsp3) is 0.286. The molecule has 0 spiro atoms. The van der Waals surface area contributed by atoms with Crippen LogP contribution < -0.4 is 0 Å². The van der Waals surface area contributed by atoms with E-state index in [1.807, 2.05) is 0 Å². The first kappa shape index (κ1) is 11.3. The molecule has 3 heteroatoms. The van der Waals surface area contributed by atoms with Gasteiger partial charge >= 0.3 is 0 Å². The molecule has 0 saturated carbocycles. The fourth-order valence-corrected chi connectivity index (χ4v) is 4.62. The van der Waals surface area contributed by atoms with Gasteiger partial charge in [-0.15, -0.1) is 11.3 Å². The molecule has 0 bridgehead atoms. The number of rotatable bonds is 1. The second kappa shape index (κ2) is 4.16. The Bertz CT molecular complexity index is 547. The first-order valence-corrected chi connectivity index (χ1v) is 7.48. The lowest BCUT2D eigenvalue weighted by Crippen LogP contribution is -2.26. The summed E-state index contributed by atoms with van der Waals surface area (Å²) in [4.78, 5) is 1.28. The summed E-state index contributed by atoms with van der Waals surface area (Å²) in [6.07, 6.45) is 1.47. The summed E-state index contributed by atoms with van der Waals surface area (Å²) in [6.45, 7) is 2.06. The third kappa shape index (κ3) is 1.82. The predicted molar refractivity (Wildman–Crippen MR) is 72.8 cm³/mol. The molecule has 2 aromatic rings. The summed E-state index contributed by atoms with van der Waals surface area (Å²) >= 11 is 3.51. The van der Waals surface area contributed by atoms with Crippen LogP contribution >= 0.6 is 23.1 Å². The molecule has 17 heavy (non-hydrogen) atoms. The lowest BCUT2D eigenvalue weighted by molar-refractivity contribution is 0.0307. The molecule has 1 aliphatic rings. The second-order valence-electron chi connectivity index (χ2n) is 4.39. The van der Waals surface area contributed by atoms with E-state index < -0.39 is 5.60 Å². The Labute approximate surface area is 110 Å². The summed E-state index contributed by atoms with van der Waals surface area (Å²) in [5.41, 5.74) is 1.66. The molecule has 1 aromatic carbocycles. The average Bonchev–Trinajstić information content (AvgIpc) is 2.76. The Balaban J connectivity index is 2.18. The molecule has 88 valence electrons. The van der Waals surface area contributed by atoms with Gasteiger partial charge < -0.3 is 5.11 Å². The van der Waals surface area contributed by atoms with E-state index in [1.54, 1.807) is 23.1 Å². The smallest absolute Gasteiger partial charge is 0.0953 e. The van der Waals surface area contributed by atoms with E-state index in [1.165, 1.54) is 14.7 Å². The Morgan fingerprint density at radius 2 is 2.12 bits per heavy atom. The van der Waals surface area contributed by atoms with Crippen LogP contribution in [-0.2, 0) is 12.0 Å². The van der Waals surface area contributed by atoms with Crippen LogP contribution in [0.15, 0.2) is 44.8 Å². The molecule has 0 radical (unpaired) electrons. The minimum Gasteiger partial charge on any atom is -0.385 e. The van der Waals surface area contributed by atoms with Crippen molar-refractivity contribution in [2.45, 2.75) is 34.5 Å². The SMILES string of the molecule is CCC1(O)Cc2ccccc2Sc2sccc21. The van der Waals surface area contributed by atoms with Crippen LogP contribution in [0.3, 0.4) is 0 Å². The van der Waals surface area contributed by atoms with Crippen molar-refractivity contribution < 1.29 is 5.11 Å². The second-order valence-corrected chi connectivity index (χ2v) is 6.62. The van der Waals surface area contributed by atoms with Crippen molar-refractivity contribution in [1.82, 2.24) is 0 Å². The van der Waals surface area contributed by atoms with Crippen molar-refractivity contribution in [3.8, 4) is 0 Å². The highest BCUT2D eigenvalue weighted by Gasteiger charge is 2.34. The van der Waals surface area contributed by atoms with Crippen molar-refractivity contribution in [3.63, 3.8) is 0 Å². The third-order valence-electron chi connectivity index (χ3n) is 3.37. The number of hydrogen-bond donors (Lipinski definition) is 1. The standard InChI is InChI=1S/C14H14OS2/c1-2-14(15)9-10-5-3-4-6-12(10)17-13-11(14)7-8-16-13/h3-8,15H,2,9H2,1H3. The molecule has 1 N–H and O–H groups in total. The van der Waals surface area contributed by atoms with E-state index in [0.29, 0.717) is 0 Å². The van der Waals surface area contributed by atoms with Crippen LogP contribution in [0.25, 0.3) is 0 Å². The van der Waals surface area contributed by atoms with Crippen molar-refractivity contribution in [1.29, 1.82) is 0 Å². The van der Waals surface area contributed by atoms with Gasteiger partial charge in [-0.05, 0) is 29.5 Å². The number of thiophene rings is 1. The molecule has 1 unspecified atom stereocenters. The summed E-state index contributed by atoms with van der Waals surface area (Å²) in [6, 6.07) is 10.5. The van der Waals surface area contributed by atoms with Gasteiger partial charge in [0, 0.05) is 16.9 Å². The van der Waals surface area contributed by atoms with Crippen LogP contribution in [0.5, 0.6) is 0 Å². The summed E-state index contributed by atoms with van der Waals surface area (Å²) in [5, 5.41) is 12.9. The molecular formula is C14H14OS2. The van der Waals surface area contributed by atoms with Gasteiger partial charge in [-0.25, -0.2) is 0 Å². The number of aliphatic hydroxyl groups is 1. The lowest BCUT2D eigenvalue weighted by atomic mass is 9.87. The molecule has 1 nitrogen and oxygen atoms in total. The molecule has 0 saturated heterocycles. The summed E-state index contributed by atoms with van der Waals surface area (Å²) in [7, 11) is 0. The van der Waals surface area contributed by atoms with Gasteiger partial charge in [0.1, 0.15) is 0 Å². The van der Waals surface area contributed by atoms with Crippen LogP contribution in [0.1, 0.15) is 24.5 Å². The van der Waals surface area contributed by atoms with Crippen molar-refractivity contribution in [2.24, 2.45) is 0 Å². The third-order valence-corrected chi connectivity index (χ3v) is 5.64. The Morgan fingerprint density at radius 1 is 1.29 bits per heavy atom. The maximum atomic E-state index is 10.8. The Hall–Kier alpha value is -0.770. The van der Waals surface area contributed by atoms with E-state index >= 15 is 0 Å². The zero-order valence-corrected chi connectivity index (χ0v) is 11.3. The van der Waals surface area contributed by atoms with Crippen LogP contribution in [-0.4, -0.2) is 5.11 Å². The van der Waals surface area contributed by atoms with Gasteiger partial charge in [-0.2, -0.15) is 0 Å². The Kier molecular flexibility index (Phi) is 2.77. The van der Waals surface area contributed by atoms with Crippen LogP contribution in [0, 0.1) is 0 Å². The van der Waals surface area contributed by atoms with Gasteiger partial charge in [0.2, 0.25) is 0 Å². The van der Waals surface area contributed by atoms with E-state index in [4.69, 9.17) is 0 Å². The maximum Gasteiger partial charge on any atom is 0.0953 e. The molecule has 0 aliphatic carbocycles. The molecule has 0 fully saturated rings. The van der Waals surface area contributed by atoms with Gasteiger partial charge in [0.25, 0.3) is 0 Å². The topological polar surface area (TPSA) is 20.2 Å². The molecule has 1 aliphatic heterocycles. The van der Waals surface area contributed by atoms with E-state index in [2.05, 4.69) is 42.6 Å². The molecule has 3 rings (SSSR count). The van der Waals surface area contributed by atoms with Gasteiger partial charge in [-0.3, -0.25) is 0 Å². The minimum absolute atomic E-state index is 0.699. The van der Waals surface area contributed by atoms with Crippen LogP contribution in [0.4, 0.5) is 0 Å². The molecular weight excluding hydrogens is 248 g/mol. The number of hydrogen-bond acceptors (Lipinski definition) is 3. The van der Waals surface area contributed by atoms with E-state index in [-0.39, 0.29) is 0 Å². The highest BCUT2D eigenvalue weighted by atomic mass is 32.2. The highest BCUT2D eigenvalue weighted by molar-refractivity contribution is 8.01. The lowest BCUT2D eigenvalue weighted by Gasteiger charge is -2.25. The number of fused-ring (bicyclic) bond motifs is 2.